The topological polar surface area (TPSA) is 46.9 Å². The summed E-state index contributed by atoms with van der Waals surface area (Å²) in [5, 5.41) is 5.32. The van der Waals surface area contributed by atoms with Gasteiger partial charge in [0.05, 0.1) is 11.9 Å². The fraction of sp³-hybridized carbons (Fsp3) is 0.286. The number of nitrogens with zero attached hydrogens (tertiary/aromatic N) is 2. The van der Waals surface area contributed by atoms with E-state index in [4.69, 9.17) is 11.6 Å². The SMILES string of the molecule is CC(Cl)C(=O)NCc1cnn(-c2ccccc2)c1C(F)(F)F. The Labute approximate surface area is 129 Å². The van der Waals surface area contributed by atoms with Crippen LogP contribution in [0.1, 0.15) is 18.2 Å². The third kappa shape index (κ3) is 3.59. The fourth-order valence-corrected chi connectivity index (χ4v) is 1.98. The molecule has 0 aliphatic rings. The van der Waals surface area contributed by atoms with Crippen LogP contribution >= 0.6 is 11.6 Å². The number of para-hydroxylation sites is 1. The molecule has 22 heavy (non-hydrogen) atoms. The maximum atomic E-state index is 13.3. The number of nitrogens with one attached hydrogen (secondary N) is 1. The molecular weight excluding hydrogens is 319 g/mol. The summed E-state index contributed by atoms with van der Waals surface area (Å²) in [6.07, 6.45) is -3.51. The van der Waals surface area contributed by atoms with Gasteiger partial charge >= 0.3 is 6.18 Å². The van der Waals surface area contributed by atoms with E-state index in [0.717, 1.165) is 10.9 Å². The highest BCUT2D eigenvalue weighted by Gasteiger charge is 2.38. The molecule has 0 fully saturated rings. The molecular formula is C14H13ClF3N3O. The number of amides is 1. The molecule has 0 saturated carbocycles. The Hall–Kier alpha value is -2.02. The Balaban J connectivity index is 2.36. The first kappa shape index (κ1) is 16.4. The highest BCUT2D eigenvalue weighted by molar-refractivity contribution is 6.30. The van der Waals surface area contributed by atoms with E-state index in [0.29, 0.717) is 0 Å². The van der Waals surface area contributed by atoms with Gasteiger partial charge in [-0.05, 0) is 19.1 Å². The van der Waals surface area contributed by atoms with E-state index in [-0.39, 0.29) is 17.8 Å². The predicted molar refractivity (Wildman–Crippen MR) is 75.7 cm³/mol. The Morgan fingerprint density at radius 2 is 2.00 bits per heavy atom. The van der Waals surface area contributed by atoms with Gasteiger partial charge in [0.25, 0.3) is 0 Å². The summed E-state index contributed by atoms with van der Waals surface area (Å²) in [6, 6.07) is 7.97. The number of carbonyl (C=O) groups is 1. The van der Waals surface area contributed by atoms with Crippen molar-refractivity contribution in [1.82, 2.24) is 15.1 Å². The van der Waals surface area contributed by atoms with Crippen molar-refractivity contribution in [2.45, 2.75) is 25.0 Å². The van der Waals surface area contributed by atoms with Crippen LogP contribution in [-0.4, -0.2) is 21.1 Å². The normalized spacial score (nSPS) is 13.0. The third-order valence-electron chi connectivity index (χ3n) is 2.93. The Morgan fingerprint density at radius 1 is 1.36 bits per heavy atom. The Morgan fingerprint density at radius 3 is 2.55 bits per heavy atom. The smallest absolute Gasteiger partial charge is 0.351 e. The minimum absolute atomic E-state index is 0.123. The molecule has 0 aliphatic heterocycles. The second-order valence-electron chi connectivity index (χ2n) is 4.60. The van der Waals surface area contributed by atoms with Crippen molar-refractivity contribution in [2.75, 3.05) is 0 Å². The number of aromatic nitrogens is 2. The number of alkyl halides is 4. The Kier molecular flexibility index (Phi) is 4.75. The standard InChI is InChI=1S/C14H13ClF3N3O/c1-9(15)13(22)19-7-10-8-20-21(12(10)14(16,17)18)11-5-3-2-4-6-11/h2-6,8-9H,7H2,1H3,(H,19,22). The van der Waals surface area contributed by atoms with Crippen LogP contribution < -0.4 is 5.32 Å². The van der Waals surface area contributed by atoms with Gasteiger partial charge in [0.1, 0.15) is 5.38 Å². The maximum Gasteiger partial charge on any atom is 0.433 e. The zero-order valence-corrected chi connectivity index (χ0v) is 12.3. The van der Waals surface area contributed by atoms with Crippen LogP contribution in [-0.2, 0) is 17.5 Å². The molecule has 1 unspecified atom stereocenters. The number of benzene rings is 1. The molecule has 0 radical (unpaired) electrons. The van der Waals surface area contributed by atoms with Gasteiger partial charge in [-0.15, -0.1) is 11.6 Å². The second-order valence-corrected chi connectivity index (χ2v) is 5.25. The number of hydrogen-bond donors (Lipinski definition) is 1. The molecule has 0 aliphatic carbocycles. The van der Waals surface area contributed by atoms with Crippen molar-refractivity contribution >= 4 is 17.5 Å². The molecule has 2 rings (SSSR count). The first-order chi connectivity index (χ1) is 10.3. The monoisotopic (exact) mass is 331 g/mol. The molecule has 0 bridgehead atoms. The summed E-state index contributed by atoms with van der Waals surface area (Å²) >= 11 is 5.57. The van der Waals surface area contributed by atoms with Crippen molar-refractivity contribution in [1.29, 1.82) is 0 Å². The summed E-state index contributed by atoms with van der Waals surface area (Å²) < 4.78 is 40.7. The van der Waals surface area contributed by atoms with Crippen molar-refractivity contribution < 1.29 is 18.0 Å². The molecule has 8 heteroatoms. The predicted octanol–water partition coefficient (Wildman–Crippen LogP) is 3.13. The summed E-state index contributed by atoms with van der Waals surface area (Å²) in [4.78, 5) is 11.4. The lowest BCUT2D eigenvalue weighted by atomic mass is 10.2. The molecule has 1 aromatic carbocycles. The van der Waals surface area contributed by atoms with Crippen LogP contribution in [0, 0.1) is 0 Å². The summed E-state index contributed by atoms with van der Waals surface area (Å²) in [6.45, 7) is 1.15. The molecule has 4 nitrogen and oxygen atoms in total. The van der Waals surface area contributed by atoms with Crippen LogP contribution in [0.25, 0.3) is 5.69 Å². The highest BCUT2D eigenvalue weighted by Crippen LogP contribution is 2.33. The summed E-state index contributed by atoms with van der Waals surface area (Å²) in [7, 11) is 0. The van der Waals surface area contributed by atoms with E-state index < -0.39 is 23.2 Å². The lowest BCUT2D eigenvalue weighted by molar-refractivity contribution is -0.143. The summed E-state index contributed by atoms with van der Waals surface area (Å²) in [5.74, 6) is -0.540. The number of hydrogen-bond acceptors (Lipinski definition) is 2. The fourth-order valence-electron chi connectivity index (χ4n) is 1.90. The van der Waals surface area contributed by atoms with E-state index in [9.17, 15) is 18.0 Å². The van der Waals surface area contributed by atoms with Crippen molar-refractivity contribution in [3.63, 3.8) is 0 Å². The molecule has 1 amide bonds. The lowest BCUT2D eigenvalue weighted by Crippen LogP contribution is -2.30. The van der Waals surface area contributed by atoms with Crippen molar-refractivity contribution in [2.24, 2.45) is 0 Å². The van der Waals surface area contributed by atoms with Crippen molar-refractivity contribution in [3.05, 3.63) is 47.8 Å². The Bertz CT molecular complexity index is 653. The van der Waals surface area contributed by atoms with Gasteiger partial charge in [0.15, 0.2) is 5.69 Å². The number of carbonyl (C=O) groups excluding carboxylic acids is 1. The van der Waals surface area contributed by atoms with E-state index in [1.807, 2.05) is 0 Å². The van der Waals surface area contributed by atoms with Crippen molar-refractivity contribution in [3.8, 4) is 5.69 Å². The van der Waals surface area contributed by atoms with Crippen LogP contribution in [0.2, 0.25) is 0 Å². The summed E-state index contributed by atoms with van der Waals surface area (Å²) in [5.41, 5.74) is -0.749. The zero-order chi connectivity index (χ0) is 16.3. The molecule has 1 N–H and O–H groups in total. The number of rotatable bonds is 4. The zero-order valence-electron chi connectivity index (χ0n) is 11.6. The van der Waals surface area contributed by atoms with Gasteiger partial charge in [-0.2, -0.15) is 18.3 Å². The van der Waals surface area contributed by atoms with Gasteiger partial charge in [-0.25, -0.2) is 4.68 Å². The average Bonchev–Trinajstić information content (AvgIpc) is 2.89. The van der Waals surface area contributed by atoms with Gasteiger partial charge in [0.2, 0.25) is 5.91 Å². The number of halogens is 4. The quantitative estimate of drug-likeness (QED) is 0.875. The molecule has 0 saturated heterocycles. The van der Waals surface area contributed by atoms with Crippen LogP contribution in [0.5, 0.6) is 0 Å². The van der Waals surface area contributed by atoms with E-state index >= 15 is 0 Å². The van der Waals surface area contributed by atoms with E-state index in [1.54, 1.807) is 18.2 Å². The first-order valence-electron chi connectivity index (χ1n) is 6.42. The van der Waals surface area contributed by atoms with Gasteiger partial charge in [-0.1, -0.05) is 18.2 Å². The van der Waals surface area contributed by atoms with Crippen LogP contribution in [0.15, 0.2) is 36.5 Å². The molecule has 1 aromatic heterocycles. The third-order valence-corrected chi connectivity index (χ3v) is 3.13. The minimum atomic E-state index is -4.60. The minimum Gasteiger partial charge on any atom is -0.351 e. The first-order valence-corrected chi connectivity index (χ1v) is 6.85. The largest absolute Gasteiger partial charge is 0.433 e. The molecule has 0 spiro atoms. The molecule has 2 aromatic rings. The lowest BCUT2D eigenvalue weighted by Gasteiger charge is -2.13. The molecule has 118 valence electrons. The average molecular weight is 332 g/mol. The highest BCUT2D eigenvalue weighted by atomic mass is 35.5. The molecule has 1 heterocycles. The second kappa shape index (κ2) is 6.39. The van der Waals surface area contributed by atoms with E-state index in [1.165, 1.54) is 19.1 Å². The van der Waals surface area contributed by atoms with Crippen LogP contribution in [0.3, 0.4) is 0 Å². The van der Waals surface area contributed by atoms with E-state index in [2.05, 4.69) is 10.4 Å². The van der Waals surface area contributed by atoms with Gasteiger partial charge in [-0.3, -0.25) is 4.79 Å². The van der Waals surface area contributed by atoms with Crippen LogP contribution in [0.4, 0.5) is 13.2 Å². The molecule has 1 atom stereocenters. The van der Waals surface area contributed by atoms with Gasteiger partial charge < -0.3 is 5.32 Å². The maximum absolute atomic E-state index is 13.3. The van der Waals surface area contributed by atoms with Gasteiger partial charge in [0, 0.05) is 12.1 Å².